The molecule has 120 valence electrons. The second-order valence-electron chi connectivity index (χ2n) is 5.78. The molecule has 1 saturated heterocycles. The molecule has 0 unspecified atom stereocenters. The maximum atomic E-state index is 11.0. The summed E-state index contributed by atoms with van der Waals surface area (Å²) in [5.41, 5.74) is 2.12. The molecular weight excluding hydrogens is 280 g/mol. The highest BCUT2D eigenvalue weighted by molar-refractivity contribution is 5.70. The SMILES string of the molecule is C=C(C)C[C@H](c1ccc(OC(C)=O)c(O)c1)N1CCNCC1. The number of nitrogens with zero attached hydrogens (tertiary/aromatic N) is 1. The number of ether oxygens (including phenoxy) is 1. The lowest BCUT2D eigenvalue weighted by molar-refractivity contribution is -0.132. The smallest absolute Gasteiger partial charge is 0.308 e. The first-order valence-corrected chi connectivity index (χ1v) is 7.58. The fraction of sp³-hybridized carbons (Fsp3) is 0.471. The van der Waals surface area contributed by atoms with Gasteiger partial charge in [0, 0.05) is 39.1 Å². The average Bonchev–Trinajstić information content (AvgIpc) is 2.47. The highest BCUT2D eigenvalue weighted by atomic mass is 16.5. The zero-order valence-electron chi connectivity index (χ0n) is 13.3. The molecular formula is C17H24N2O3. The summed E-state index contributed by atoms with van der Waals surface area (Å²) in [6, 6.07) is 5.43. The zero-order chi connectivity index (χ0) is 16.1. The highest BCUT2D eigenvalue weighted by Gasteiger charge is 2.23. The molecule has 0 saturated carbocycles. The number of carbonyl (C=O) groups is 1. The molecule has 0 aliphatic carbocycles. The zero-order valence-corrected chi connectivity index (χ0v) is 13.3. The van der Waals surface area contributed by atoms with Gasteiger partial charge in [0.05, 0.1) is 0 Å². The minimum Gasteiger partial charge on any atom is -0.504 e. The van der Waals surface area contributed by atoms with Crippen LogP contribution in [0, 0.1) is 0 Å². The van der Waals surface area contributed by atoms with Crippen LogP contribution in [0.4, 0.5) is 0 Å². The second kappa shape index (κ2) is 7.42. The van der Waals surface area contributed by atoms with Gasteiger partial charge < -0.3 is 15.2 Å². The van der Waals surface area contributed by atoms with Crippen molar-refractivity contribution in [3.05, 3.63) is 35.9 Å². The lowest BCUT2D eigenvalue weighted by atomic mass is 9.97. The third kappa shape index (κ3) is 4.32. The number of aromatic hydroxyl groups is 1. The highest BCUT2D eigenvalue weighted by Crippen LogP contribution is 2.34. The summed E-state index contributed by atoms with van der Waals surface area (Å²) < 4.78 is 4.98. The van der Waals surface area contributed by atoms with Gasteiger partial charge in [-0.25, -0.2) is 0 Å². The summed E-state index contributed by atoms with van der Waals surface area (Å²) in [5.74, 6) is -0.246. The predicted molar refractivity (Wildman–Crippen MR) is 86.0 cm³/mol. The van der Waals surface area contributed by atoms with Crippen molar-refractivity contribution in [2.45, 2.75) is 26.3 Å². The average molecular weight is 304 g/mol. The predicted octanol–water partition coefficient (Wildman–Crippen LogP) is 2.23. The number of nitrogens with one attached hydrogen (secondary N) is 1. The first-order chi connectivity index (χ1) is 10.5. The maximum Gasteiger partial charge on any atom is 0.308 e. The van der Waals surface area contributed by atoms with E-state index in [0.717, 1.165) is 43.7 Å². The van der Waals surface area contributed by atoms with Crippen molar-refractivity contribution in [2.24, 2.45) is 0 Å². The number of phenols is 1. The van der Waals surface area contributed by atoms with Crippen LogP contribution in [0.5, 0.6) is 11.5 Å². The summed E-state index contributed by atoms with van der Waals surface area (Å²) in [7, 11) is 0. The van der Waals surface area contributed by atoms with E-state index < -0.39 is 5.97 Å². The normalized spacial score (nSPS) is 17.0. The Morgan fingerprint density at radius 1 is 1.41 bits per heavy atom. The van der Waals surface area contributed by atoms with Gasteiger partial charge in [-0.05, 0) is 31.0 Å². The van der Waals surface area contributed by atoms with Crippen molar-refractivity contribution in [2.75, 3.05) is 26.2 Å². The Morgan fingerprint density at radius 2 is 2.09 bits per heavy atom. The van der Waals surface area contributed by atoms with E-state index in [1.54, 1.807) is 12.1 Å². The van der Waals surface area contributed by atoms with E-state index in [9.17, 15) is 9.90 Å². The quantitative estimate of drug-likeness (QED) is 0.496. The van der Waals surface area contributed by atoms with Crippen LogP contribution < -0.4 is 10.1 Å². The van der Waals surface area contributed by atoms with E-state index >= 15 is 0 Å². The lowest BCUT2D eigenvalue weighted by Gasteiger charge is -2.35. The van der Waals surface area contributed by atoms with E-state index in [2.05, 4.69) is 16.8 Å². The van der Waals surface area contributed by atoms with Gasteiger partial charge in [0.1, 0.15) is 0 Å². The number of hydrogen-bond acceptors (Lipinski definition) is 5. The van der Waals surface area contributed by atoms with Gasteiger partial charge in [0.25, 0.3) is 0 Å². The van der Waals surface area contributed by atoms with E-state index in [4.69, 9.17) is 4.74 Å². The molecule has 1 aromatic carbocycles. The van der Waals surface area contributed by atoms with Crippen LogP contribution >= 0.6 is 0 Å². The summed E-state index contributed by atoms with van der Waals surface area (Å²) in [6.07, 6.45) is 0.840. The summed E-state index contributed by atoms with van der Waals surface area (Å²) >= 11 is 0. The molecule has 0 spiro atoms. The van der Waals surface area contributed by atoms with E-state index in [1.165, 1.54) is 6.92 Å². The molecule has 0 aromatic heterocycles. The van der Waals surface area contributed by atoms with Crippen LogP contribution in [0.1, 0.15) is 31.9 Å². The summed E-state index contributed by atoms with van der Waals surface area (Å²) in [6.45, 7) is 11.2. The molecule has 1 aliphatic heterocycles. The molecule has 1 heterocycles. The molecule has 5 heteroatoms. The number of rotatable bonds is 5. The lowest BCUT2D eigenvalue weighted by Crippen LogP contribution is -2.45. The van der Waals surface area contributed by atoms with Crippen molar-refractivity contribution < 1.29 is 14.6 Å². The van der Waals surface area contributed by atoms with Gasteiger partial charge in [-0.3, -0.25) is 9.69 Å². The Labute approximate surface area is 131 Å². The second-order valence-corrected chi connectivity index (χ2v) is 5.78. The van der Waals surface area contributed by atoms with Crippen molar-refractivity contribution in [3.63, 3.8) is 0 Å². The first kappa shape index (κ1) is 16.5. The monoisotopic (exact) mass is 304 g/mol. The van der Waals surface area contributed by atoms with Gasteiger partial charge in [-0.1, -0.05) is 11.6 Å². The molecule has 2 N–H and O–H groups in total. The largest absolute Gasteiger partial charge is 0.504 e. The first-order valence-electron chi connectivity index (χ1n) is 7.58. The van der Waals surface area contributed by atoms with Crippen LogP contribution in [0.3, 0.4) is 0 Å². The fourth-order valence-electron chi connectivity index (χ4n) is 2.76. The molecule has 2 rings (SSSR count). The molecule has 1 atom stereocenters. The Kier molecular flexibility index (Phi) is 5.57. The van der Waals surface area contributed by atoms with Crippen LogP contribution in [0.25, 0.3) is 0 Å². The Balaban J connectivity index is 2.24. The number of phenolic OH excluding ortho intramolecular Hbond substituents is 1. The molecule has 0 bridgehead atoms. The van der Waals surface area contributed by atoms with Gasteiger partial charge in [0.15, 0.2) is 11.5 Å². The van der Waals surface area contributed by atoms with Gasteiger partial charge in [0.2, 0.25) is 0 Å². The van der Waals surface area contributed by atoms with E-state index in [0.29, 0.717) is 0 Å². The molecule has 5 nitrogen and oxygen atoms in total. The fourth-order valence-corrected chi connectivity index (χ4v) is 2.76. The van der Waals surface area contributed by atoms with Crippen molar-refractivity contribution in [1.29, 1.82) is 0 Å². The van der Waals surface area contributed by atoms with Gasteiger partial charge in [-0.15, -0.1) is 6.58 Å². The van der Waals surface area contributed by atoms with Crippen LogP contribution in [-0.2, 0) is 4.79 Å². The molecule has 0 amide bonds. The number of hydrogen-bond donors (Lipinski definition) is 2. The summed E-state index contributed by atoms with van der Waals surface area (Å²) in [4.78, 5) is 13.4. The molecule has 1 aliphatic rings. The van der Waals surface area contributed by atoms with Crippen molar-refractivity contribution in [1.82, 2.24) is 10.2 Å². The standard InChI is InChI=1S/C17H24N2O3/c1-12(2)10-15(19-8-6-18-7-9-19)14-4-5-17(16(21)11-14)22-13(3)20/h4-5,11,15,18,21H,1,6-10H2,2-3H3/t15-/m1/s1. The van der Waals surface area contributed by atoms with Crippen LogP contribution in [-0.4, -0.2) is 42.2 Å². The van der Waals surface area contributed by atoms with Crippen LogP contribution in [0.15, 0.2) is 30.4 Å². The molecule has 1 aromatic rings. The third-order valence-corrected chi connectivity index (χ3v) is 3.76. The topological polar surface area (TPSA) is 61.8 Å². The maximum absolute atomic E-state index is 11.0. The number of piperazine rings is 1. The number of carbonyl (C=O) groups excluding carboxylic acids is 1. The van der Waals surface area contributed by atoms with Crippen molar-refractivity contribution >= 4 is 5.97 Å². The Morgan fingerprint density at radius 3 is 2.64 bits per heavy atom. The Bertz CT molecular complexity index is 551. The summed E-state index contributed by atoms with van der Waals surface area (Å²) in [5, 5.41) is 13.4. The van der Waals surface area contributed by atoms with Crippen molar-refractivity contribution in [3.8, 4) is 11.5 Å². The van der Waals surface area contributed by atoms with Gasteiger partial charge >= 0.3 is 5.97 Å². The van der Waals surface area contributed by atoms with E-state index in [-0.39, 0.29) is 17.5 Å². The molecule has 22 heavy (non-hydrogen) atoms. The minimum absolute atomic E-state index is 0.00505. The molecule has 1 fully saturated rings. The number of benzene rings is 1. The third-order valence-electron chi connectivity index (χ3n) is 3.76. The van der Waals surface area contributed by atoms with E-state index in [1.807, 2.05) is 13.0 Å². The number of esters is 1. The van der Waals surface area contributed by atoms with Crippen LogP contribution in [0.2, 0.25) is 0 Å². The Hall–Kier alpha value is -1.85. The minimum atomic E-state index is -0.441. The molecule has 0 radical (unpaired) electrons. The van der Waals surface area contributed by atoms with Gasteiger partial charge in [-0.2, -0.15) is 0 Å².